The Balaban J connectivity index is 1.86. The van der Waals surface area contributed by atoms with E-state index in [1.807, 2.05) is 11.0 Å². The summed E-state index contributed by atoms with van der Waals surface area (Å²) < 4.78 is 5.29. The topological polar surface area (TPSA) is 49.2 Å². The molecule has 0 aliphatic carbocycles. The van der Waals surface area contributed by atoms with Gasteiger partial charge >= 0.3 is 0 Å². The van der Waals surface area contributed by atoms with Gasteiger partial charge in [0.1, 0.15) is 5.69 Å². The van der Waals surface area contributed by atoms with Gasteiger partial charge in [-0.2, -0.15) is 0 Å². The second-order valence-corrected chi connectivity index (χ2v) is 4.94. The first-order valence-corrected chi connectivity index (χ1v) is 6.66. The van der Waals surface area contributed by atoms with Crippen LogP contribution in [-0.4, -0.2) is 28.4 Å². The second kappa shape index (κ2) is 4.52. The maximum absolute atomic E-state index is 12.5. The highest BCUT2D eigenvalue weighted by Crippen LogP contribution is 2.23. The molecular formula is C14H18N2O2. The van der Waals surface area contributed by atoms with E-state index in [0.29, 0.717) is 11.7 Å². The van der Waals surface area contributed by atoms with Crippen molar-refractivity contribution in [1.29, 1.82) is 0 Å². The fraction of sp³-hybridized carbons (Fsp3) is 0.500. The molecule has 0 spiro atoms. The third-order valence-corrected chi connectivity index (χ3v) is 3.83. The zero-order chi connectivity index (χ0) is 12.5. The Morgan fingerprint density at radius 3 is 3.22 bits per heavy atom. The SMILES string of the molecule is CCC1CCCCN1C(=O)c1cc2occc2[nH]1. The Morgan fingerprint density at radius 2 is 2.44 bits per heavy atom. The predicted molar refractivity (Wildman–Crippen MR) is 69.5 cm³/mol. The number of rotatable bonds is 2. The number of amides is 1. The van der Waals surface area contributed by atoms with E-state index in [9.17, 15) is 4.79 Å². The van der Waals surface area contributed by atoms with E-state index in [2.05, 4.69) is 11.9 Å². The van der Waals surface area contributed by atoms with Gasteiger partial charge < -0.3 is 14.3 Å². The quantitative estimate of drug-likeness (QED) is 0.884. The van der Waals surface area contributed by atoms with Crippen molar-refractivity contribution in [1.82, 2.24) is 9.88 Å². The average molecular weight is 246 g/mol. The minimum atomic E-state index is 0.105. The molecule has 0 radical (unpaired) electrons. The highest BCUT2D eigenvalue weighted by atomic mass is 16.3. The van der Waals surface area contributed by atoms with Gasteiger partial charge in [0.05, 0.1) is 11.8 Å². The van der Waals surface area contributed by atoms with E-state index in [4.69, 9.17) is 4.42 Å². The van der Waals surface area contributed by atoms with Crippen LogP contribution in [0.15, 0.2) is 22.8 Å². The highest BCUT2D eigenvalue weighted by Gasteiger charge is 2.27. The molecule has 1 fully saturated rings. The Kier molecular flexibility index (Phi) is 2.86. The molecule has 1 atom stereocenters. The van der Waals surface area contributed by atoms with Crippen molar-refractivity contribution in [2.24, 2.45) is 0 Å². The predicted octanol–water partition coefficient (Wildman–Crippen LogP) is 3.17. The number of carbonyl (C=O) groups excluding carboxylic acids is 1. The number of aromatic amines is 1. The van der Waals surface area contributed by atoms with Crippen LogP contribution in [-0.2, 0) is 0 Å². The summed E-state index contributed by atoms with van der Waals surface area (Å²) in [6, 6.07) is 4.04. The number of fused-ring (bicyclic) bond motifs is 1. The molecule has 2 aromatic rings. The fourth-order valence-corrected chi connectivity index (χ4v) is 2.81. The molecule has 0 bridgehead atoms. The van der Waals surface area contributed by atoms with Crippen LogP contribution in [0.25, 0.3) is 11.1 Å². The normalized spacial score (nSPS) is 20.5. The van der Waals surface area contributed by atoms with Crippen molar-refractivity contribution in [2.75, 3.05) is 6.54 Å². The smallest absolute Gasteiger partial charge is 0.270 e. The maximum Gasteiger partial charge on any atom is 0.270 e. The first-order chi connectivity index (χ1) is 8.79. The molecule has 1 amide bonds. The van der Waals surface area contributed by atoms with Crippen molar-refractivity contribution < 1.29 is 9.21 Å². The molecule has 96 valence electrons. The summed E-state index contributed by atoms with van der Waals surface area (Å²) in [5.74, 6) is 0.105. The summed E-state index contributed by atoms with van der Waals surface area (Å²) >= 11 is 0. The van der Waals surface area contributed by atoms with Gasteiger partial charge in [-0.25, -0.2) is 0 Å². The van der Waals surface area contributed by atoms with Crippen LogP contribution in [0.3, 0.4) is 0 Å². The van der Waals surface area contributed by atoms with E-state index in [1.54, 1.807) is 12.3 Å². The number of hydrogen-bond donors (Lipinski definition) is 1. The lowest BCUT2D eigenvalue weighted by molar-refractivity contribution is 0.0603. The summed E-state index contributed by atoms with van der Waals surface area (Å²) in [6.45, 7) is 3.02. The van der Waals surface area contributed by atoms with Gasteiger partial charge in [-0.1, -0.05) is 6.92 Å². The molecular weight excluding hydrogens is 228 g/mol. The lowest BCUT2D eigenvalue weighted by Crippen LogP contribution is -2.43. The third-order valence-electron chi connectivity index (χ3n) is 3.83. The molecule has 1 aliphatic rings. The van der Waals surface area contributed by atoms with Crippen LogP contribution in [0, 0.1) is 0 Å². The molecule has 1 saturated heterocycles. The Labute approximate surface area is 106 Å². The van der Waals surface area contributed by atoms with Crippen LogP contribution in [0.5, 0.6) is 0 Å². The lowest BCUT2D eigenvalue weighted by Gasteiger charge is -2.34. The number of nitrogens with one attached hydrogen (secondary N) is 1. The van der Waals surface area contributed by atoms with Crippen molar-refractivity contribution >= 4 is 17.0 Å². The summed E-state index contributed by atoms with van der Waals surface area (Å²) in [5.41, 5.74) is 2.29. The molecule has 2 aromatic heterocycles. The highest BCUT2D eigenvalue weighted by molar-refractivity contribution is 5.97. The van der Waals surface area contributed by atoms with E-state index in [1.165, 1.54) is 6.42 Å². The number of nitrogens with zero attached hydrogens (tertiary/aromatic N) is 1. The standard InChI is InChI=1S/C14H18N2O2/c1-2-10-5-3-4-7-16(10)14(17)12-9-13-11(15-12)6-8-18-13/h6,8-10,15H,2-5,7H2,1H3. The fourth-order valence-electron chi connectivity index (χ4n) is 2.81. The zero-order valence-electron chi connectivity index (χ0n) is 10.6. The van der Waals surface area contributed by atoms with Gasteiger partial charge in [0, 0.05) is 24.7 Å². The number of likely N-dealkylation sites (tertiary alicyclic amines) is 1. The Morgan fingerprint density at radius 1 is 1.56 bits per heavy atom. The largest absolute Gasteiger partial charge is 0.463 e. The van der Waals surface area contributed by atoms with Crippen LogP contribution in [0.4, 0.5) is 0 Å². The van der Waals surface area contributed by atoms with Gasteiger partial charge in [0.25, 0.3) is 5.91 Å². The van der Waals surface area contributed by atoms with Crippen molar-refractivity contribution in [2.45, 2.75) is 38.6 Å². The zero-order valence-corrected chi connectivity index (χ0v) is 10.6. The summed E-state index contributed by atoms with van der Waals surface area (Å²) in [6.07, 6.45) is 6.13. The van der Waals surface area contributed by atoms with Gasteiger partial charge in [-0.15, -0.1) is 0 Å². The van der Waals surface area contributed by atoms with E-state index >= 15 is 0 Å². The first-order valence-electron chi connectivity index (χ1n) is 6.66. The molecule has 1 unspecified atom stereocenters. The van der Waals surface area contributed by atoms with Crippen molar-refractivity contribution in [3.8, 4) is 0 Å². The lowest BCUT2D eigenvalue weighted by atomic mass is 9.99. The van der Waals surface area contributed by atoms with Gasteiger partial charge in [-0.3, -0.25) is 4.79 Å². The van der Waals surface area contributed by atoms with Gasteiger partial charge in [0.2, 0.25) is 0 Å². The van der Waals surface area contributed by atoms with Gasteiger partial charge in [-0.05, 0) is 25.7 Å². The maximum atomic E-state index is 12.5. The molecule has 1 aliphatic heterocycles. The number of carbonyl (C=O) groups is 1. The van der Waals surface area contributed by atoms with Gasteiger partial charge in [0.15, 0.2) is 5.58 Å². The van der Waals surface area contributed by atoms with Crippen LogP contribution >= 0.6 is 0 Å². The van der Waals surface area contributed by atoms with Crippen LogP contribution < -0.4 is 0 Å². The van der Waals surface area contributed by atoms with Crippen molar-refractivity contribution in [3.63, 3.8) is 0 Å². The minimum Gasteiger partial charge on any atom is -0.463 e. The molecule has 4 nitrogen and oxygen atoms in total. The summed E-state index contributed by atoms with van der Waals surface area (Å²) in [5, 5.41) is 0. The third kappa shape index (κ3) is 1.82. The number of H-pyrrole nitrogens is 1. The van der Waals surface area contributed by atoms with E-state index < -0.39 is 0 Å². The molecule has 18 heavy (non-hydrogen) atoms. The average Bonchev–Trinajstić information content (AvgIpc) is 2.98. The monoisotopic (exact) mass is 246 g/mol. The first kappa shape index (κ1) is 11.4. The molecule has 0 aromatic carbocycles. The summed E-state index contributed by atoms with van der Waals surface area (Å²) in [7, 11) is 0. The van der Waals surface area contributed by atoms with E-state index in [-0.39, 0.29) is 5.91 Å². The van der Waals surface area contributed by atoms with Crippen LogP contribution in [0.2, 0.25) is 0 Å². The molecule has 0 saturated carbocycles. The number of piperidine rings is 1. The molecule has 4 heteroatoms. The Bertz CT molecular complexity index is 526. The second-order valence-electron chi connectivity index (χ2n) is 4.94. The van der Waals surface area contributed by atoms with Crippen molar-refractivity contribution in [3.05, 3.63) is 24.1 Å². The minimum absolute atomic E-state index is 0.105. The molecule has 1 N–H and O–H groups in total. The number of aromatic nitrogens is 1. The van der Waals surface area contributed by atoms with E-state index in [0.717, 1.165) is 36.9 Å². The Hall–Kier alpha value is -1.71. The molecule has 3 heterocycles. The van der Waals surface area contributed by atoms with Crippen LogP contribution in [0.1, 0.15) is 43.1 Å². The number of furan rings is 1. The number of hydrogen-bond acceptors (Lipinski definition) is 2. The summed E-state index contributed by atoms with van der Waals surface area (Å²) in [4.78, 5) is 17.6. The molecule has 3 rings (SSSR count).